The molecule has 1 saturated carbocycles. The molecule has 1 unspecified atom stereocenters. The molecule has 1 atom stereocenters. The molecule has 14 heavy (non-hydrogen) atoms. The topological polar surface area (TPSA) is 12.4 Å². The number of hydrogen-bond donors (Lipinski definition) is 0. The molecule has 1 fully saturated rings. The van der Waals surface area contributed by atoms with Crippen molar-refractivity contribution in [3.05, 3.63) is 23.9 Å². The molecule has 0 radical (unpaired) electrons. The van der Waals surface area contributed by atoms with Crippen molar-refractivity contribution in [3.8, 4) is 0 Å². The summed E-state index contributed by atoms with van der Waals surface area (Å²) in [6.07, 6.45) is 10.4. The number of nitrogens with zero attached hydrogens (tertiary/aromatic N) is 1. The van der Waals surface area contributed by atoms with E-state index >= 15 is 0 Å². The van der Waals surface area contributed by atoms with Crippen LogP contribution >= 0.6 is 0 Å². The van der Waals surface area contributed by atoms with Gasteiger partial charge in [-0.3, -0.25) is 4.99 Å². The Morgan fingerprint density at radius 1 is 1.36 bits per heavy atom. The van der Waals surface area contributed by atoms with Gasteiger partial charge in [-0.05, 0) is 30.8 Å². The van der Waals surface area contributed by atoms with Crippen LogP contribution in [0.5, 0.6) is 0 Å². The van der Waals surface area contributed by atoms with Gasteiger partial charge in [0, 0.05) is 17.3 Å². The van der Waals surface area contributed by atoms with Crippen LogP contribution in [0, 0.1) is 11.3 Å². The molecule has 0 bridgehead atoms. The molecule has 76 valence electrons. The van der Waals surface area contributed by atoms with Crippen molar-refractivity contribution in [2.75, 3.05) is 0 Å². The third-order valence-electron chi connectivity index (χ3n) is 3.62. The van der Waals surface area contributed by atoms with Crippen LogP contribution in [0.25, 0.3) is 0 Å². The van der Waals surface area contributed by atoms with Gasteiger partial charge in [0.1, 0.15) is 0 Å². The number of allylic oxidation sites excluding steroid dienone is 3. The van der Waals surface area contributed by atoms with Gasteiger partial charge in [0.05, 0.1) is 0 Å². The minimum absolute atomic E-state index is 0.199. The van der Waals surface area contributed by atoms with Crippen LogP contribution < -0.4 is 0 Å². The Morgan fingerprint density at radius 2 is 2.14 bits per heavy atom. The third kappa shape index (κ3) is 1.56. The summed E-state index contributed by atoms with van der Waals surface area (Å²) in [4.78, 5) is 4.53. The molecule has 1 nitrogen and oxygen atoms in total. The summed E-state index contributed by atoms with van der Waals surface area (Å²) in [7, 11) is 0. The zero-order chi connectivity index (χ0) is 10.2. The lowest BCUT2D eigenvalue weighted by Crippen LogP contribution is -2.18. The van der Waals surface area contributed by atoms with Gasteiger partial charge in [0.25, 0.3) is 0 Å². The predicted molar refractivity (Wildman–Crippen MR) is 61.5 cm³/mol. The van der Waals surface area contributed by atoms with Crippen molar-refractivity contribution in [2.24, 2.45) is 16.3 Å². The van der Waals surface area contributed by atoms with Crippen LogP contribution in [0.1, 0.15) is 40.0 Å². The summed E-state index contributed by atoms with van der Waals surface area (Å²) >= 11 is 0. The molecule has 1 heteroatoms. The van der Waals surface area contributed by atoms with Crippen LogP contribution in [-0.4, -0.2) is 5.71 Å². The summed E-state index contributed by atoms with van der Waals surface area (Å²) in [6.45, 7) is 6.86. The third-order valence-corrected chi connectivity index (χ3v) is 3.62. The van der Waals surface area contributed by atoms with E-state index in [0.29, 0.717) is 5.92 Å². The fourth-order valence-corrected chi connectivity index (χ4v) is 2.12. The molecule has 0 amide bonds. The number of hydrogen-bond acceptors (Lipinski definition) is 1. The van der Waals surface area contributed by atoms with Gasteiger partial charge in [0.15, 0.2) is 0 Å². The normalized spacial score (nSPS) is 31.1. The van der Waals surface area contributed by atoms with Gasteiger partial charge in [-0.25, -0.2) is 0 Å². The second kappa shape index (κ2) is 3.38. The molecule has 0 saturated heterocycles. The van der Waals surface area contributed by atoms with E-state index in [1.807, 2.05) is 6.20 Å². The first-order valence-corrected chi connectivity index (χ1v) is 5.58. The summed E-state index contributed by atoms with van der Waals surface area (Å²) < 4.78 is 0. The van der Waals surface area contributed by atoms with Crippen molar-refractivity contribution in [3.63, 3.8) is 0 Å². The Hall–Kier alpha value is -0.850. The Morgan fingerprint density at radius 3 is 2.86 bits per heavy atom. The molecule has 0 aromatic heterocycles. The van der Waals surface area contributed by atoms with Crippen LogP contribution in [0.3, 0.4) is 0 Å². The molecule has 0 aromatic rings. The second-order valence-corrected chi connectivity index (χ2v) is 4.94. The largest absolute Gasteiger partial charge is 0.261 e. The number of fused-ring (bicyclic) bond motifs is 1. The van der Waals surface area contributed by atoms with Crippen molar-refractivity contribution in [1.82, 2.24) is 0 Å². The maximum atomic E-state index is 4.53. The lowest BCUT2D eigenvalue weighted by Gasteiger charge is -2.26. The van der Waals surface area contributed by atoms with Crippen LogP contribution in [0.15, 0.2) is 28.9 Å². The minimum atomic E-state index is 0.199. The fourth-order valence-electron chi connectivity index (χ4n) is 2.12. The lowest BCUT2D eigenvalue weighted by atomic mass is 9.77. The highest BCUT2D eigenvalue weighted by Gasteiger charge is 2.27. The zero-order valence-corrected chi connectivity index (χ0v) is 9.38. The van der Waals surface area contributed by atoms with Crippen molar-refractivity contribution < 1.29 is 0 Å². The van der Waals surface area contributed by atoms with E-state index in [0.717, 1.165) is 0 Å². The molecule has 2 aliphatic rings. The van der Waals surface area contributed by atoms with Crippen LogP contribution in [0.2, 0.25) is 0 Å². The predicted octanol–water partition coefficient (Wildman–Crippen LogP) is 3.73. The summed E-state index contributed by atoms with van der Waals surface area (Å²) in [5.41, 5.74) is 3.02. The molecule has 1 aliphatic heterocycles. The fraction of sp³-hybridized carbons (Fsp3) is 0.615. The van der Waals surface area contributed by atoms with E-state index in [-0.39, 0.29) is 5.41 Å². The molecule has 0 aromatic carbocycles. The van der Waals surface area contributed by atoms with Gasteiger partial charge in [-0.1, -0.05) is 32.9 Å². The molecule has 1 heterocycles. The maximum absolute atomic E-state index is 4.53. The second-order valence-electron chi connectivity index (χ2n) is 4.94. The Kier molecular flexibility index (Phi) is 2.34. The Bertz CT molecular complexity index is 320. The average Bonchev–Trinajstić information content (AvgIpc) is 2.46. The highest BCUT2D eigenvalue weighted by molar-refractivity contribution is 6.02. The first-order chi connectivity index (χ1) is 6.62. The van der Waals surface area contributed by atoms with Gasteiger partial charge < -0.3 is 0 Å². The maximum Gasteiger partial charge on any atom is 0.0432 e. The van der Waals surface area contributed by atoms with Crippen molar-refractivity contribution in [2.45, 2.75) is 40.0 Å². The van der Waals surface area contributed by atoms with Crippen LogP contribution in [0.4, 0.5) is 0 Å². The van der Waals surface area contributed by atoms with Gasteiger partial charge in [0.2, 0.25) is 0 Å². The molecule has 0 N–H and O–H groups in total. The first-order valence-electron chi connectivity index (χ1n) is 5.58. The van der Waals surface area contributed by atoms with Gasteiger partial charge in [-0.2, -0.15) is 0 Å². The van der Waals surface area contributed by atoms with E-state index in [2.05, 4.69) is 37.9 Å². The average molecular weight is 189 g/mol. The highest BCUT2D eigenvalue weighted by atomic mass is 14.7. The zero-order valence-electron chi connectivity index (χ0n) is 9.38. The Labute approximate surface area is 86.6 Å². The van der Waals surface area contributed by atoms with Gasteiger partial charge in [-0.15, -0.1) is 0 Å². The molecule has 2 rings (SSSR count). The van der Waals surface area contributed by atoms with E-state index in [1.54, 1.807) is 0 Å². The smallest absolute Gasteiger partial charge is 0.0432 e. The first kappa shape index (κ1) is 9.70. The monoisotopic (exact) mass is 189 g/mol. The van der Waals surface area contributed by atoms with E-state index < -0.39 is 0 Å². The standard InChI is InChI=1S/C13H19N/c1-10(2)13(3)7-8-14-12-6-4-5-11(12)9-13/h7-10H,4-6H2,1-3H3. The SMILES string of the molecule is CC(C)C1(C)C=CN=C2CCCC2=C1. The summed E-state index contributed by atoms with van der Waals surface area (Å²) in [5.74, 6) is 0.640. The lowest BCUT2D eigenvalue weighted by molar-refractivity contribution is 0.381. The van der Waals surface area contributed by atoms with Crippen molar-refractivity contribution >= 4 is 5.71 Å². The van der Waals surface area contributed by atoms with E-state index in [4.69, 9.17) is 0 Å². The summed E-state index contributed by atoms with van der Waals surface area (Å²) in [6, 6.07) is 0. The van der Waals surface area contributed by atoms with Crippen molar-refractivity contribution in [1.29, 1.82) is 0 Å². The van der Waals surface area contributed by atoms with Gasteiger partial charge >= 0.3 is 0 Å². The number of aliphatic imine (C=N–C) groups is 1. The highest BCUT2D eigenvalue weighted by Crippen LogP contribution is 2.36. The summed E-state index contributed by atoms with van der Waals surface area (Å²) in [5, 5.41) is 0. The van der Waals surface area contributed by atoms with E-state index in [9.17, 15) is 0 Å². The van der Waals surface area contributed by atoms with E-state index in [1.165, 1.54) is 30.5 Å². The molecular formula is C13H19N. The molecule has 0 spiro atoms. The number of rotatable bonds is 1. The van der Waals surface area contributed by atoms with Crippen LogP contribution in [-0.2, 0) is 0 Å². The quantitative estimate of drug-likeness (QED) is 0.596. The molecule has 1 aliphatic carbocycles. The Balaban J connectivity index is 2.38. The molecular weight excluding hydrogens is 170 g/mol. The minimum Gasteiger partial charge on any atom is -0.261 e.